The van der Waals surface area contributed by atoms with Gasteiger partial charge in [-0.2, -0.15) is 0 Å². The molecular weight excluding hydrogens is 420 g/mol. The smallest absolute Gasteiger partial charge is 0.254 e. The van der Waals surface area contributed by atoms with Crippen LogP contribution in [-0.4, -0.2) is 53.3 Å². The van der Waals surface area contributed by atoms with E-state index < -0.39 is 11.9 Å². The highest BCUT2D eigenvalue weighted by Crippen LogP contribution is 2.58. The number of nitrogens with one attached hydrogen (secondary N) is 1. The monoisotopic (exact) mass is 450 g/mol. The minimum absolute atomic E-state index is 0.0461. The van der Waals surface area contributed by atoms with Gasteiger partial charge in [-0.1, -0.05) is 30.3 Å². The van der Waals surface area contributed by atoms with Crippen LogP contribution in [0.3, 0.4) is 0 Å². The number of imide groups is 1. The van der Waals surface area contributed by atoms with Gasteiger partial charge in [-0.15, -0.1) is 0 Å². The summed E-state index contributed by atoms with van der Waals surface area (Å²) in [5.41, 5.74) is 6.91. The number of benzene rings is 1. The van der Waals surface area contributed by atoms with Gasteiger partial charge in [0.2, 0.25) is 18.2 Å². The van der Waals surface area contributed by atoms with Gasteiger partial charge in [0.15, 0.2) is 0 Å². The Kier molecular flexibility index (Phi) is 6.74. The molecule has 1 aromatic heterocycles. The third kappa shape index (κ3) is 4.90. The highest BCUT2D eigenvalue weighted by Gasteiger charge is 2.56. The van der Waals surface area contributed by atoms with Crippen LogP contribution in [0.2, 0.25) is 0 Å². The number of hydrogen-bond acceptors (Lipinski definition) is 6. The van der Waals surface area contributed by atoms with E-state index in [9.17, 15) is 14.4 Å². The molecule has 4 rings (SSSR count). The average Bonchev–Trinajstić information content (AvgIpc) is 2.77. The summed E-state index contributed by atoms with van der Waals surface area (Å²) < 4.78 is 5.90. The summed E-state index contributed by atoms with van der Waals surface area (Å²) in [6.07, 6.45) is 6.75. The van der Waals surface area contributed by atoms with Gasteiger partial charge < -0.3 is 15.8 Å². The van der Waals surface area contributed by atoms with E-state index in [0.29, 0.717) is 12.8 Å². The maximum absolute atomic E-state index is 13.0. The number of likely N-dealkylation sites (N-methyl/N-ethyl adjacent to an activating group) is 1. The number of pyridine rings is 1. The number of aromatic nitrogens is 1. The molecule has 3 amide bonds. The summed E-state index contributed by atoms with van der Waals surface area (Å²) >= 11 is 0. The zero-order chi connectivity index (χ0) is 23.4. The van der Waals surface area contributed by atoms with E-state index in [-0.39, 0.29) is 34.9 Å². The number of aryl methyl sites for hydroxylation is 1. The molecule has 0 bridgehead atoms. The van der Waals surface area contributed by atoms with Crippen LogP contribution in [0.1, 0.15) is 48.0 Å². The second-order valence-electron chi connectivity index (χ2n) is 9.15. The van der Waals surface area contributed by atoms with Gasteiger partial charge in [0.05, 0.1) is 6.04 Å². The Balaban J connectivity index is 1.28. The van der Waals surface area contributed by atoms with Crippen molar-refractivity contribution < 1.29 is 19.1 Å². The van der Waals surface area contributed by atoms with E-state index in [2.05, 4.69) is 10.3 Å². The zero-order valence-electron chi connectivity index (χ0n) is 18.8. The molecule has 2 aromatic rings. The first-order valence-corrected chi connectivity index (χ1v) is 11.3. The van der Waals surface area contributed by atoms with Crippen molar-refractivity contribution in [1.82, 2.24) is 15.2 Å². The Hall–Kier alpha value is -3.26. The van der Waals surface area contributed by atoms with Gasteiger partial charge in [-0.05, 0) is 68.7 Å². The van der Waals surface area contributed by atoms with Gasteiger partial charge >= 0.3 is 0 Å². The van der Waals surface area contributed by atoms with Crippen molar-refractivity contribution in [3.63, 3.8) is 0 Å². The molecule has 2 aliphatic carbocycles. The number of carbonyl (C=O) groups excluding carboxylic acids is 3. The normalized spacial score (nSPS) is 24.3. The molecule has 1 aromatic carbocycles. The fourth-order valence-electron chi connectivity index (χ4n) is 5.13. The largest absolute Gasteiger partial charge is 0.474 e. The van der Waals surface area contributed by atoms with Crippen molar-refractivity contribution in [2.24, 2.45) is 11.1 Å². The zero-order valence-corrected chi connectivity index (χ0v) is 18.8. The molecule has 1 atom stereocenters. The van der Waals surface area contributed by atoms with Crippen LogP contribution in [0.4, 0.5) is 0 Å². The van der Waals surface area contributed by atoms with Crippen LogP contribution in [0.25, 0.3) is 0 Å². The third-order valence-electron chi connectivity index (χ3n) is 6.95. The first-order chi connectivity index (χ1) is 15.9. The Morgan fingerprint density at radius 1 is 1.21 bits per heavy atom. The highest BCUT2D eigenvalue weighted by molar-refractivity contribution is 5.95. The number of nitrogens with zero attached hydrogens (tertiary/aromatic N) is 2. The third-order valence-corrected chi connectivity index (χ3v) is 6.95. The summed E-state index contributed by atoms with van der Waals surface area (Å²) in [4.78, 5) is 41.9. The average molecular weight is 451 g/mol. The molecule has 1 unspecified atom stereocenters. The van der Waals surface area contributed by atoms with E-state index >= 15 is 0 Å². The molecule has 0 radical (unpaired) electrons. The Morgan fingerprint density at radius 3 is 2.58 bits per heavy atom. The van der Waals surface area contributed by atoms with Gasteiger partial charge in [0.1, 0.15) is 11.7 Å². The molecule has 8 heteroatoms. The van der Waals surface area contributed by atoms with Crippen LogP contribution in [0.15, 0.2) is 48.7 Å². The first-order valence-electron chi connectivity index (χ1n) is 11.3. The van der Waals surface area contributed by atoms with Crippen molar-refractivity contribution in [3.8, 4) is 5.88 Å². The Labute approximate surface area is 193 Å². The minimum atomic E-state index is -0.567. The van der Waals surface area contributed by atoms with Crippen molar-refractivity contribution >= 4 is 18.2 Å². The highest BCUT2D eigenvalue weighted by atomic mass is 16.5. The lowest BCUT2D eigenvalue weighted by molar-refractivity contribution is -0.156. The van der Waals surface area contributed by atoms with E-state index in [0.717, 1.165) is 32.1 Å². The standard InChI is InChI=1S/C25H30N4O4/c1-27-21(10-9-17-6-3-2-4-7-17)24(32)29(16-30)18-12-25(13-18)14-19(15-25)33-23-20(22(26)31)8-5-11-28-23/h2-8,11,16,18-19,21,27H,9-10,12-15H2,1H3,(H2,26,31). The molecular formula is C25H30N4O4. The summed E-state index contributed by atoms with van der Waals surface area (Å²) in [6.45, 7) is 0. The van der Waals surface area contributed by atoms with Crippen LogP contribution in [0, 0.1) is 5.41 Å². The summed E-state index contributed by atoms with van der Waals surface area (Å²) in [6, 6.07) is 12.8. The predicted octanol–water partition coefficient (Wildman–Crippen LogP) is 2.08. The van der Waals surface area contributed by atoms with E-state index in [1.165, 1.54) is 10.5 Å². The second-order valence-corrected chi connectivity index (χ2v) is 9.15. The molecule has 0 saturated heterocycles. The number of amides is 3. The Bertz CT molecular complexity index is 998. The van der Waals surface area contributed by atoms with E-state index in [1.807, 2.05) is 30.3 Å². The predicted molar refractivity (Wildman–Crippen MR) is 122 cm³/mol. The van der Waals surface area contributed by atoms with Gasteiger partial charge in [0, 0.05) is 12.2 Å². The van der Waals surface area contributed by atoms with Crippen molar-refractivity contribution in [3.05, 3.63) is 59.8 Å². The molecule has 0 aliphatic heterocycles. The van der Waals surface area contributed by atoms with Gasteiger partial charge in [-0.3, -0.25) is 19.3 Å². The molecule has 2 aliphatic rings. The van der Waals surface area contributed by atoms with Gasteiger partial charge in [-0.25, -0.2) is 4.98 Å². The van der Waals surface area contributed by atoms with Crippen LogP contribution in [0.5, 0.6) is 5.88 Å². The van der Waals surface area contributed by atoms with E-state index in [1.54, 1.807) is 25.4 Å². The number of rotatable bonds is 10. The lowest BCUT2D eigenvalue weighted by Gasteiger charge is -2.58. The molecule has 2 saturated carbocycles. The number of primary amides is 1. The van der Waals surface area contributed by atoms with Crippen LogP contribution < -0.4 is 15.8 Å². The fraction of sp³-hybridized carbons (Fsp3) is 0.440. The SMILES string of the molecule is CNC(CCc1ccccc1)C(=O)N(C=O)C1CC2(CC(Oc3ncccc3C(N)=O)C2)C1. The summed E-state index contributed by atoms with van der Waals surface area (Å²) in [5, 5.41) is 3.07. The van der Waals surface area contributed by atoms with Crippen LogP contribution >= 0.6 is 0 Å². The number of carbonyl (C=O) groups is 3. The second kappa shape index (κ2) is 9.70. The number of ether oxygens (including phenoxy) is 1. The van der Waals surface area contributed by atoms with Crippen LogP contribution in [-0.2, 0) is 16.0 Å². The number of nitrogens with two attached hydrogens (primary N) is 1. The van der Waals surface area contributed by atoms with Gasteiger partial charge in [0.25, 0.3) is 5.91 Å². The molecule has 33 heavy (non-hydrogen) atoms. The maximum atomic E-state index is 13.0. The number of hydrogen-bond donors (Lipinski definition) is 2. The summed E-state index contributed by atoms with van der Waals surface area (Å²) in [5.74, 6) is -0.474. The van der Waals surface area contributed by atoms with Crippen molar-refractivity contribution in [2.45, 2.75) is 56.7 Å². The first kappa shape index (κ1) is 22.9. The topological polar surface area (TPSA) is 115 Å². The van der Waals surface area contributed by atoms with Crippen molar-refractivity contribution in [1.29, 1.82) is 0 Å². The Morgan fingerprint density at radius 2 is 1.94 bits per heavy atom. The molecule has 3 N–H and O–H groups in total. The van der Waals surface area contributed by atoms with Crippen molar-refractivity contribution in [2.75, 3.05) is 7.05 Å². The lowest BCUT2D eigenvalue weighted by Crippen LogP contribution is -2.61. The maximum Gasteiger partial charge on any atom is 0.254 e. The molecule has 8 nitrogen and oxygen atoms in total. The molecule has 1 spiro atoms. The fourth-order valence-corrected chi connectivity index (χ4v) is 5.13. The van der Waals surface area contributed by atoms with E-state index in [4.69, 9.17) is 10.5 Å². The quantitative estimate of drug-likeness (QED) is 0.536. The summed E-state index contributed by atoms with van der Waals surface area (Å²) in [7, 11) is 1.75. The lowest BCUT2D eigenvalue weighted by atomic mass is 9.52. The molecule has 1 heterocycles. The molecule has 174 valence electrons. The molecule has 2 fully saturated rings. The minimum Gasteiger partial charge on any atom is -0.474 e.